The molecule has 1 aromatic rings. The summed E-state index contributed by atoms with van der Waals surface area (Å²) in [7, 11) is 0. The van der Waals surface area contributed by atoms with Crippen molar-refractivity contribution in [3.8, 4) is 0 Å². The van der Waals surface area contributed by atoms with Crippen LogP contribution in [0.3, 0.4) is 0 Å². The van der Waals surface area contributed by atoms with E-state index in [0.29, 0.717) is 12.0 Å². The van der Waals surface area contributed by atoms with Crippen LogP contribution in [0, 0.1) is 11.8 Å². The van der Waals surface area contributed by atoms with Crippen molar-refractivity contribution in [1.29, 1.82) is 0 Å². The SMILES string of the molecule is CC(C)NC1(c2nc(C(C)C)cs2)CC2CCC1C2. The molecule has 2 aliphatic rings. The zero-order chi connectivity index (χ0) is 13.6. The van der Waals surface area contributed by atoms with E-state index in [1.54, 1.807) is 0 Å². The molecule has 0 amide bonds. The van der Waals surface area contributed by atoms with Crippen molar-refractivity contribution < 1.29 is 0 Å². The van der Waals surface area contributed by atoms with Gasteiger partial charge in [-0.05, 0) is 50.9 Å². The van der Waals surface area contributed by atoms with Gasteiger partial charge in [-0.3, -0.25) is 0 Å². The Hall–Kier alpha value is -0.410. The zero-order valence-corrected chi connectivity index (χ0v) is 13.4. The number of aromatic nitrogens is 1. The molecule has 1 heterocycles. The first-order chi connectivity index (χ1) is 9.01. The molecule has 1 aromatic heterocycles. The summed E-state index contributed by atoms with van der Waals surface area (Å²) in [6, 6.07) is 0.533. The quantitative estimate of drug-likeness (QED) is 0.889. The van der Waals surface area contributed by atoms with Gasteiger partial charge < -0.3 is 5.32 Å². The maximum absolute atomic E-state index is 4.99. The van der Waals surface area contributed by atoms with E-state index in [-0.39, 0.29) is 5.54 Å². The van der Waals surface area contributed by atoms with Gasteiger partial charge in [0.2, 0.25) is 0 Å². The van der Waals surface area contributed by atoms with Crippen LogP contribution in [-0.2, 0) is 5.54 Å². The number of fused-ring (bicyclic) bond motifs is 2. The Labute approximate surface area is 121 Å². The Morgan fingerprint density at radius 2 is 2.11 bits per heavy atom. The number of hydrogen-bond donors (Lipinski definition) is 1. The zero-order valence-electron chi connectivity index (χ0n) is 12.6. The van der Waals surface area contributed by atoms with E-state index in [9.17, 15) is 0 Å². The van der Waals surface area contributed by atoms with E-state index in [4.69, 9.17) is 4.98 Å². The van der Waals surface area contributed by atoms with Crippen molar-refractivity contribution in [1.82, 2.24) is 10.3 Å². The van der Waals surface area contributed by atoms with Crippen LogP contribution >= 0.6 is 11.3 Å². The highest BCUT2D eigenvalue weighted by atomic mass is 32.1. The molecule has 0 aromatic carbocycles. The highest BCUT2D eigenvalue weighted by Crippen LogP contribution is 2.56. The van der Waals surface area contributed by atoms with E-state index in [1.807, 2.05) is 11.3 Å². The van der Waals surface area contributed by atoms with Crippen LogP contribution in [0.2, 0.25) is 0 Å². The van der Waals surface area contributed by atoms with Crippen molar-refractivity contribution in [2.24, 2.45) is 11.8 Å². The third kappa shape index (κ3) is 2.25. The van der Waals surface area contributed by atoms with Gasteiger partial charge in [0.05, 0.1) is 11.2 Å². The smallest absolute Gasteiger partial charge is 0.113 e. The first kappa shape index (κ1) is 13.6. The van der Waals surface area contributed by atoms with Crippen molar-refractivity contribution in [2.45, 2.75) is 70.9 Å². The van der Waals surface area contributed by atoms with Crippen LogP contribution < -0.4 is 5.32 Å². The second kappa shape index (κ2) is 4.85. The summed E-state index contributed by atoms with van der Waals surface area (Å²) < 4.78 is 0. The minimum absolute atomic E-state index is 0.189. The van der Waals surface area contributed by atoms with Gasteiger partial charge in [-0.15, -0.1) is 11.3 Å². The molecule has 2 fully saturated rings. The molecule has 3 unspecified atom stereocenters. The second-order valence-electron chi connectivity index (χ2n) is 7.08. The minimum atomic E-state index is 0.189. The second-order valence-corrected chi connectivity index (χ2v) is 7.94. The molecule has 2 saturated carbocycles. The van der Waals surface area contributed by atoms with Crippen LogP contribution in [0.25, 0.3) is 0 Å². The van der Waals surface area contributed by atoms with Crippen molar-refractivity contribution in [3.63, 3.8) is 0 Å². The summed E-state index contributed by atoms with van der Waals surface area (Å²) >= 11 is 1.88. The minimum Gasteiger partial charge on any atom is -0.303 e. The summed E-state index contributed by atoms with van der Waals surface area (Å²) in [5.74, 6) is 2.29. The maximum Gasteiger partial charge on any atom is 0.113 e. The summed E-state index contributed by atoms with van der Waals surface area (Å²) in [6.07, 6.45) is 5.55. The van der Waals surface area contributed by atoms with Gasteiger partial charge in [0.25, 0.3) is 0 Å². The van der Waals surface area contributed by atoms with Crippen LogP contribution in [0.1, 0.15) is 70.0 Å². The molecule has 2 nitrogen and oxygen atoms in total. The first-order valence-corrected chi connectivity index (χ1v) is 8.63. The number of nitrogens with one attached hydrogen (secondary N) is 1. The molecular formula is C16H26N2S. The normalized spacial score (nSPS) is 33.8. The van der Waals surface area contributed by atoms with Gasteiger partial charge in [-0.25, -0.2) is 4.98 Å². The topological polar surface area (TPSA) is 24.9 Å². The summed E-state index contributed by atoms with van der Waals surface area (Å²) in [5, 5.41) is 7.54. The molecule has 0 saturated heterocycles. The highest BCUT2D eigenvalue weighted by Gasteiger charge is 2.53. The number of hydrogen-bond acceptors (Lipinski definition) is 3. The van der Waals surface area contributed by atoms with E-state index in [0.717, 1.165) is 11.8 Å². The largest absolute Gasteiger partial charge is 0.303 e. The number of nitrogens with zero attached hydrogens (tertiary/aromatic N) is 1. The summed E-state index contributed by atoms with van der Waals surface area (Å²) in [5.41, 5.74) is 1.46. The molecule has 2 aliphatic carbocycles. The lowest BCUT2D eigenvalue weighted by molar-refractivity contribution is 0.193. The van der Waals surface area contributed by atoms with Crippen LogP contribution in [-0.4, -0.2) is 11.0 Å². The Morgan fingerprint density at radius 1 is 1.32 bits per heavy atom. The van der Waals surface area contributed by atoms with Crippen molar-refractivity contribution in [2.75, 3.05) is 0 Å². The molecule has 3 rings (SSSR count). The Bertz CT molecular complexity index is 451. The maximum atomic E-state index is 4.99. The molecule has 0 radical (unpaired) electrons. The lowest BCUT2D eigenvalue weighted by atomic mass is 9.80. The molecule has 1 N–H and O–H groups in total. The predicted octanol–water partition coefficient (Wildman–Crippen LogP) is 4.28. The van der Waals surface area contributed by atoms with Crippen LogP contribution in [0.4, 0.5) is 0 Å². The average Bonchev–Trinajstić information content (AvgIpc) is 3.03. The van der Waals surface area contributed by atoms with Gasteiger partial charge in [0, 0.05) is 11.4 Å². The van der Waals surface area contributed by atoms with Gasteiger partial charge >= 0.3 is 0 Å². The molecule has 3 heteroatoms. The third-order valence-corrected chi connectivity index (χ3v) is 5.93. The molecule has 0 spiro atoms. The standard InChI is InChI=1S/C16H26N2S/c1-10(2)14-9-19-15(17-14)16(18-11(3)4)8-12-5-6-13(16)7-12/h9-13,18H,5-8H2,1-4H3. The predicted molar refractivity (Wildman–Crippen MR) is 81.6 cm³/mol. The summed E-state index contributed by atoms with van der Waals surface area (Å²) in [4.78, 5) is 4.99. The van der Waals surface area contributed by atoms with E-state index in [2.05, 4.69) is 38.4 Å². The van der Waals surface area contributed by atoms with E-state index in [1.165, 1.54) is 36.4 Å². The molecule has 19 heavy (non-hydrogen) atoms. The first-order valence-electron chi connectivity index (χ1n) is 7.75. The average molecular weight is 278 g/mol. The summed E-state index contributed by atoms with van der Waals surface area (Å²) in [6.45, 7) is 9.01. The molecule has 106 valence electrons. The number of rotatable bonds is 4. The van der Waals surface area contributed by atoms with Crippen molar-refractivity contribution in [3.05, 3.63) is 16.1 Å². The van der Waals surface area contributed by atoms with Gasteiger partial charge in [-0.2, -0.15) is 0 Å². The third-order valence-electron chi connectivity index (χ3n) is 4.89. The fraction of sp³-hybridized carbons (Fsp3) is 0.812. The van der Waals surface area contributed by atoms with Gasteiger partial charge in [-0.1, -0.05) is 20.3 Å². The molecule has 2 bridgehead atoms. The Morgan fingerprint density at radius 3 is 2.58 bits per heavy atom. The van der Waals surface area contributed by atoms with Crippen molar-refractivity contribution >= 4 is 11.3 Å². The van der Waals surface area contributed by atoms with Crippen LogP contribution in [0.5, 0.6) is 0 Å². The lowest BCUT2D eigenvalue weighted by Gasteiger charge is -2.38. The van der Waals surface area contributed by atoms with Gasteiger partial charge in [0.15, 0.2) is 0 Å². The lowest BCUT2D eigenvalue weighted by Crippen LogP contribution is -2.49. The molecule has 3 atom stereocenters. The monoisotopic (exact) mass is 278 g/mol. The van der Waals surface area contributed by atoms with E-state index < -0.39 is 0 Å². The van der Waals surface area contributed by atoms with E-state index >= 15 is 0 Å². The fourth-order valence-corrected chi connectivity index (χ4v) is 5.34. The Kier molecular flexibility index (Phi) is 3.46. The highest BCUT2D eigenvalue weighted by molar-refractivity contribution is 7.09. The Balaban J connectivity index is 1.95. The van der Waals surface area contributed by atoms with Crippen LogP contribution in [0.15, 0.2) is 5.38 Å². The number of thiazole rings is 1. The molecular weight excluding hydrogens is 252 g/mol. The van der Waals surface area contributed by atoms with Gasteiger partial charge in [0.1, 0.15) is 5.01 Å². The molecule has 0 aliphatic heterocycles. The fourth-order valence-electron chi connectivity index (χ4n) is 4.10.